The molecule has 0 saturated carbocycles. The zero-order valence-electron chi connectivity index (χ0n) is 13.1. The summed E-state index contributed by atoms with van der Waals surface area (Å²) in [5.41, 5.74) is 0.651. The molecule has 1 N–H and O–H groups in total. The molecule has 2 atom stereocenters. The molecule has 0 spiro atoms. The number of amides is 1. The molecule has 2 unspecified atom stereocenters. The third-order valence-corrected chi connectivity index (χ3v) is 3.71. The lowest BCUT2D eigenvalue weighted by molar-refractivity contribution is 0.0269. The zero-order valence-corrected chi connectivity index (χ0v) is 13.1. The summed E-state index contributed by atoms with van der Waals surface area (Å²) in [6, 6.07) is 9.96. The monoisotopic (exact) mass is 291 g/mol. The average Bonchev–Trinajstić information content (AvgIpc) is 2.87. The Morgan fingerprint density at radius 3 is 2.67 bits per heavy atom. The smallest absolute Gasteiger partial charge is 0.410 e. The van der Waals surface area contributed by atoms with E-state index >= 15 is 0 Å². The number of carbonyl (C=O) groups is 1. The molecule has 4 nitrogen and oxygen atoms in total. The van der Waals surface area contributed by atoms with Gasteiger partial charge >= 0.3 is 6.09 Å². The van der Waals surface area contributed by atoms with Crippen LogP contribution in [0.25, 0.3) is 0 Å². The van der Waals surface area contributed by atoms with Crippen LogP contribution in [0.2, 0.25) is 0 Å². The number of hydrogen-bond donors (Lipinski definition) is 1. The van der Waals surface area contributed by atoms with Crippen molar-refractivity contribution in [3.8, 4) is 0 Å². The van der Waals surface area contributed by atoms with Crippen LogP contribution in [-0.4, -0.2) is 40.9 Å². The van der Waals surface area contributed by atoms with E-state index in [0.29, 0.717) is 19.5 Å². The van der Waals surface area contributed by atoms with Crippen LogP contribution in [0.1, 0.15) is 32.8 Å². The van der Waals surface area contributed by atoms with Gasteiger partial charge in [-0.15, -0.1) is 0 Å². The Labute approximate surface area is 126 Å². The second-order valence-electron chi connectivity index (χ2n) is 6.73. The van der Waals surface area contributed by atoms with E-state index in [9.17, 15) is 9.90 Å². The quantitative estimate of drug-likeness (QED) is 0.931. The molecule has 1 amide bonds. The number of benzene rings is 1. The van der Waals surface area contributed by atoms with Gasteiger partial charge in [0, 0.05) is 19.0 Å². The number of hydrogen-bond acceptors (Lipinski definition) is 3. The second-order valence-corrected chi connectivity index (χ2v) is 6.73. The van der Waals surface area contributed by atoms with Crippen molar-refractivity contribution in [3.05, 3.63) is 35.9 Å². The van der Waals surface area contributed by atoms with Crippen molar-refractivity contribution in [1.82, 2.24) is 4.90 Å². The van der Waals surface area contributed by atoms with Gasteiger partial charge in [-0.25, -0.2) is 4.79 Å². The predicted molar refractivity (Wildman–Crippen MR) is 82.1 cm³/mol. The van der Waals surface area contributed by atoms with Gasteiger partial charge in [0.25, 0.3) is 0 Å². The summed E-state index contributed by atoms with van der Waals surface area (Å²) in [5.74, 6) is 0.123. The van der Waals surface area contributed by atoms with E-state index in [-0.39, 0.29) is 12.0 Å². The highest BCUT2D eigenvalue weighted by Crippen LogP contribution is 2.24. The van der Waals surface area contributed by atoms with Gasteiger partial charge in [-0.2, -0.15) is 0 Å². The largest absolute Gasteiger partial charge is 0.444 e. The molecule has 1 aromatic carbocycles. The van der Waals surface area contributed by atoms with Crippen LogP contribution < -0.4 is 0 Å². The lowest BCUT2D eigenvalue weighted by atomic mass is 9.95. The molecule has 116 valence electrons. The first-order chi connectivity index (χ1) is 9.85. The molecule has 0 aromatic heterocycles. The van der Waals surface area contributed by atoms with Gasteiger partial charge in [0.05, 0.1) is 6.10 Å². The first-order valence-electron chi connectivity index (χ1n) is 7.55. The van der Waals surface area contributed by atoms with Crippen molar-refractivity contribution in [2.45, 2.75) is 45.3 Å². The molecule has 1 aliphatic rings. The van der Waals surface area contributed by atoms with Crippen molar-refractivity contribution in [2.75, 3.05) is 13.1 Å². The maximum atomic E-state index is 12.0. The number of aliphatic hydroxyl groups excluding tert-OH is 1. The summed E-state index contributed by atoms with van der Waals surface area (Å²) in [6.07, 6.45) is 0.762. The highest BCUT2D eigenvalue weighted by Gasteiger charge is 2.33. The summed E-state index contributed by atoms with van der Waals surface area (Å²) in [7, 11) is 0. The van der Waals surface area contributed by atoms with Gasteiger partial charge in [-0.1, -0.05) is 30.3 Å². The third kappa shape index (κ3) is 4.74. The summed E-state index contributed by atoms with van der Waals surface area (Å²) in [6.45, 7) is 6.82. The van der Waals surface area contributed by atoms with Gasteiger partial charge in [0.15, 0.2) is 0 Å². The van der Waals surface area contributed by atoms with Crippen molar-refractivity contribution in [1.29, 1.82) is 0 Å². The molecule has 1 aromatic rings. The number of nitrogens with zero attached hydrogens (tertiary/aromatic N) is 1. The summed E-state index contributed by atoms with van der Waals surface area (Å²) in [4.78, 5) is 13.7. The Kier molecular flexibility index (Phi) is 4.88. The average molecular weight is 291 g/mol. The Morgan fingerprint density at radius 1 is 1.38 bits per heavy atom. The highest BCUT2D eigenvalue weighted by atomic mass is 16.6. The van der Waals surface area contributed by atoms with Crippen LogP contribution >= 0.6 is 0 Å². The maximum absolute atomic E-state index is 12.0. The van der Waals surface area contributed by atoms with Crippen LogP contribution in [0.5, 0.6) is 0 Å². The summed E-state index contributed by atoms with van der Waals surface area (Å²) in [5, 5.41) is 10.4. The van der Waals surface area contributed by atoms with Crippen LogP contribution in [0.4, 0.5) is 4.79 Å². The fourth-order valence-corrected chi connectivity index (χ4v) is 2.62. The summed E-state index contributed by atoms with van der Waals surface area (Å²) < 4.78 is 5.37. The number of carbonyl (C=O) groups excluding carboxylic acids is 1. The highest BCUT2D eigenvalue weighted by molar-refractivity contribution is 5.68. The molecule has 1 heterocycles. The lowest BCUT2D eigenvalue weighted by Gasteiger charge is -2.25. The van der Waals surface area contributed by atoms with E-state index in [0.717, 1.165) is 12.0 Å². The Morgan fingerprint density at radius 2 is 2.05 bits per heavy atom. The third-order valence-electron chi connectivity index (χ3n) is 3.71. The fraction of sp³-hybridized carbons (Fsp3) is 0.588. The van der Waals surface area contributed by atoms with E-state index in [1.807, 2.05) is 51.1 Å². The van der Waals surface area contributed by atoms with Crippen LogP contribution in [-0.2, 0) is 11.2 Å². The fourth-order valence-electron chi connectivity index (χ4n) is 2.62. The molecule has 0 aliphatic carbocycles. The van der Waals surface area contributed by atoms with Gasteiger partial charge in [-0.05, 0) is 39.2 Å². The SMILES string of the molecule is CC(C)(C)OC(=O)N1CCC(C(O)Cc2ccccc2)C1. The maximum Gasteiger partial charge on any atom is 0.410 e. The normalized spacial score (nSPS) is 20.4. The van der Waals surface area contributed by atoms with Gasteiger partial charge in [-0.3, -0.25) is 0 Å². The molecule has 1 saturated heterocycles. The molecular weight excluding hydrogens is 266 g/mol. The van der Waals surface area contributed by atoms with Crippen LogP contribution in [0, 0.1) is 5.92 Å². The Bertz CT molecular complexity index is 467. The van der Waals surface area contributed by atoms with E-state index < -0.39 is 11.7 Å². The molecule has 21 heavy (non-hydrogen) atoms. The molecule has 4 heteroatoms. The van der Waals surface area contributed by atoms with E-state index in [1.165, 1.54) is 0 Å². The van der Waals surface area contributed by atoms with Crippen LogP contribution in [0.15, 0.2) is 30.3 Å². The first kappa shape index (κ1) is 15.8. The minimum Gasteiger partial charge on any atom is -0.444 e. The van der Waals surface area contributed by atoms with Gasteiger partial charge < -0.3 is 14.7 Å². The number of ether oxygens (including phenoxy) is 1. The Hall–Kier alpha value is -1.55. The standard InChI is InChI=1S/C17H25NO3/c1-17(2,3)21-16(20)18-10-9-14(12-18)15(19)11-13-7-5-4-6-8-13/h4-8,14-15,19H,9-12H2,1-3H3. The molecule has 0 radical (unpaired) electrons. The first-order valence-corrected chi connectivity index (χ1v) is 7.55. The molecule has 2 rings (SSSR count). The lowest BCUT2D eigenvalue weighted by Crippen LogP contribution is -2.36. The van der Waals surface area contributed by atoms with Crippen molar-refractivity contribution >= 4 is 6.09 Å². The molecule has 1 aliphatic heterocycles. The van der Waals surface area contributed by atoms with E-state index in [4.69, 9.17) is 4.74 Å². The predicted octanol–water partition coefficient (Wildman–Crippen LogP) is 2.85. The second kappa shape index (κ2) is 6.48. The van der Waals surface area contributed by atoms with Crippen molar-refractivity contribution < 1.29 is 14.6 Å². The Balaban J connectivity index is 1.86. The molecule has 1 fully saturated rings. The molecule has 0 bridgehead atoms. The van der Waals surface area contributed by atoms with Gasteiger partial charge in [0.2, 0.25) is 0 Å². The molecular formula is C17H25NO3. The van der Waals surface area contributed by atoms with E-state index in [1.54, 1.807) is 4.90 Å². The van der Waals surface area contributed by atoms with Gasteiger partial charge in [0.1, 0.15) is 5.60 Å². The van der Waals surface area contributed by atoms with E-state index in [2.05, 4.69) is 0 Å². The number of rotatable bonds is 3. The van der Waals surface area contributed by atoms with Crippen LogP contribution in [0.3, 0.4) is 0 Å². The minimum atomic E-state index is -0.474. The minimum absolute atomic E-state index is 0.123. The number of aliphatic hydroxyl groups is 1. The van der Waals surface area contributed by atoms with Crippen molar-refractivity contribution in [2.24, 2.45) is 5.92 Å². The number of likely N-dealkylation sites (tertiary alicyclic amines) is 1. The van der Waals surface area contributed by atoms with Crippen molar-refractivity contribution in [3.63, 3.8) is 0 Å². The topological polar surface area (TPSA) is 49.8 Å². The zero-order chi connectivity index (χ0) is 15.5. The summed E-state index contributed by atoms with van der Waals surface area (Å²) >= 11 is 0.